The summed E-state index contributed by atoms with van der Waals surface area (Å²) >= 11 is 0. The van der Waals surface area contributed by atoms with Gasteiger partial charge in [0, 0.05) is 23.5 Å². The fourth-order valence-corrected chi connectivity index (χ4v) is 1.28. The van der Waals surface area contributed by atoms with Crippen LogP contribution in [0, 0.1) is 0 Å². The third-order valence-electron chi connectivity index (χ3n) is 1.89. The fourth-order valence-electron chi connectivity index (χ4n) is 1.28. The number of amides is 1. The van der Waals surface area contributed by atoms with Crippen LogP contribution in [0.3, 0.4) is 0 Å². The minimum Gasteiger partial charge on any atom is -0.465 e. The molecule has 0 aliphatic heterocycles. The average molecular weight is 188 g/mol. The second-order valence-corrected chi connectivity index (χ2v) is 2.87. The predicted molar refractivity (Wildman–Crippen MR) is 53.4 cm³/mol. The van der Waals surface area contributed by atoms with Crippen LogP contribution in [0.2, 0.25) is 0 Å². The molecular formula is C10H8N2O2. The minimum atomic E-state index is -1.06. The minimum absolute atomic E-state index is 0.566. The number of carbonyl (C=O) groups is 1. The number of nitrogens with zero attached hydrogens (tertiary/aromatic N) is 1. The van der Waals surface area contributed by atoms with Crippen molar-refractivity contribution in [1.82, 2.24) is 4.98 Å². The number of aromatic nitrogens is 1. The molecular weight excluding hydrogens is 180 g/mol. The number of fused-ring (bicyclic) bond motifs is 1. The molecule has 0 saturated carbocycles. The quantitative estimate of drug-likeness (QED) is 0.721. The summed E-state index contributed by atoms with van der Waals surface area (Å²) < 4.78 is 0. The first kappa shape index (κ1) is 8.50. The second-order valence-electron chi connectivity index (χ2n) is 2.87. The summed E-state index contributed by atoms with van der Waals surface area (Å²) in [7, 11) is 0. The van der Waals surface area contributed by atoms with Gasteiger partial charge in [0.2, 0.25) is 0 Å². The second kappa shape index (κ2) is 3.33. The van der Waals surface area contributed by atoms with Gasteiger partial charge < -0.3 is 5.11 Å². The van der Waals surface area contributed by atoms with E-state index in [-0.39, 0.29) is 0 Å². The van der Waals surface area contributed by atoms with Gasteiger partial charge in [0.15, 0.2) is 0 Å². The fraction of sp³-hybridized carbons (Fsp3) is 0. The monoisotopic (exact) mass is 188 g/mol. The summed E-state index contributed by atoms with van der Waals surface area (Å²) in [6.45, 7) is 0. The first-order valence-corrected chi connectivity index (χ1v) is 4.09. The van der Waals surface area contributed by atoms with Crippen molar-refractivity contribution in [1.29, 1.82) is 0 Å². The van der Waals surface area contributed by atoms with Gasteiger partial charge in [-0.25, -0.2) is 4.79 Å². The van der Waals surface area contributed by atoms with Crippen molar-refractivity contribution in [2.24, 2.45) is 0 Å². The van der Waals surface area contributed by atoms with Crippen LogP contribution in [0.4, 0.5) is 10.5 Å². The molecule has 0 bridgehead atoms. The number of hydrogen-bond donors (Lipinski definition) is 2. The van der Waals surface area contributed by atoms with E-state index in [9.17, 15) is 4.79 Å². The Bertz CT molecular complexity index is 482. The number of hydrogen-bond acceptors (Lipinski definition) is 2. The highest BCUT2D eigenvalue weighted by Crippen LogP contribution is 2.17. The normalized spacial score (nSPS) is 10.0. The van der Waals surface area contributed by atoms with Crippen LogP contribution in [-0.2, 0) is 0 Å². The molecule has 1 amide bonds. The third kappa shape index (κ3) is 1.64. The Hall–Kier alpha value is -2.10. The van der Waals surface area contributed by atoms with Gasteiger partial charge in [0.25, 0.3) is 0 Å². The van der Waals surface area contributed by atoms with Gasteiger partial charge in [0.05, 0.1) is 0 Å². The van der Waals surface area contributed by atoms with Gasteiger partial charge in [-0.15, -0.1) is 0 Å². The van der Waals surface area contributed by atoms with Gasteiger partial charge in [-0.05, 0) is 23.6 Å². The Morgan fingerprint density at radius 1 is 1.29 bits per heavy atom. The van der Waals surface area contributed by atoms with Crippen LogP contribution in [0.1, 0.15) is 0 Å². The molecule has 70 valence electrons. The summed E-state index contributed by atoms with van der Waals surface area (Å²) in [6, 6.07) is 7.14. The first-order valence-electron chi connectivity index (χ1n) is 4.09. The molecule has 0 aliphatic carbocycles. The van der Waals surface area contributed by atoms with Crippen LogP contribution in [0.15, 0.2) is 36.7 Å². The highest BCUT2D eigenvalue weighted by Gasteiger charge is 1.98. The molecule has 0 radical (unpaired) electrons. The van der Waals surface area contributed by atoms with Gasteiger partial charge >= 0.3 is 6.09 Å². The van der Waals surface area contributed by atoms with E-state index in [1.807, 2.05) is 12.1 Å². The maximum atomic E-state index is 10.4. The van der Waals surface area contributed by atoms with Crippen molar-refractivity contribution >= 4 is 22.6 Å². The van der Waals surface area contributed by atoms with E-state index in [1.54, 1.807) is 24.5 Å². The zero-order chi connectivity index (χ0) is 9.97. The SMILES string of the molecule is O=C(O)Nc1ccc2cnccc2c1. The van der Waals surface area contributed by atoms with Crippen molar-refractivity contribution in [2.75, 3.05) is 5.32 Å². The van der Waals surface area contributed by atoms with E-state index in [0.717, 1.165) is 10.8 Å². The number of carboxylic acid groups (broad SMARTS) is 1. The molecule has 14 heavy (non-hydrogen) atoms. The summed E-state index contributed by atoms with van der Waals surface area (Å²) in [5.41, 5.74) is 0.566. The zero-order valence-corrected chi connectivity index (χ0v) is 7.27. The van der Waals surface area contributed by atoms with Crippen LogP contribution in [-0.4, -0.2) is 16.2 Å². The first-order chi connectivity index (χ1) is 6.75. The summed E-state index contributed by atoms with van der Waals surface area (Å²) in [5, 5.41) is 12.8. The Morgan fingerprint density at radius 2 is 2.14 bits per heavy atom. The molecule has 1 heterocycles. The Balaban J connectivity index is 2.46. The number of pyridine rings is 1. The molecule has 0 atom stereocenters. The summed E-state index contributed by atoms with van der Waals surface area (Å²) in [6.07, 6.45) is 2.35. The Kier molecular flexibility index (Phi) is 2.02. The van der Waals surface area contributed by atoms with E-state index < -0.39 is 6.09 Å². The molecule has 4 heteroatoms. The summed E-state index contributed by atoms with van der Waals surface area (Å²) in [5.74, 6) is 0. The topological polar surface area (TPSA) is 62.2 Å². The van der Waals surface area contributed by atoms with Crippen LogP contribution in [0.5, 0.6) is 0 Å². The molecule has 0 spiro atoms. The zero-order valence-electron chi connectivity index (χ0n) is 7.27. The third-order valence-corrected chi connectivity index (χ3v) is 1.89. The standard InChI is InChI=1S/C10H8N2O2/c13-10(14)12-9-2-1-8-6-11-4-3-7(8)5-9/h1-6,12H,(H,13,14). The lowest BCUT2D eigenvalue weighted by Gasteiger charge is -2.02. The molecule has 1 aromatic heterocycles. The van der Waals surface area contributed by atoms with Gasteiger partial charge in [-0.1, -0.05) is 6.07 Å². The number of anilines is 1. The van der Waals surface area contributed by atoms with Gasteiger partial charge in [0.1, 0.15) is 0 Å². The highest BCUT2D eigenvalue weighted by atomic mass is 16.4. The van der Waals surface area contributed by atoms with Gasteiger partial charge in [-0.2, -0.15) is 0 Å². The van der Waals surface area contributed by atoms with E-state index in [0.29, 0.717) is 5.69 Å². The molecule has 1 aromatic carbocycles. The van der Waals surface area contributed by atoms with E-state index >= 15 is 0 Å². The van der Waals surface area contributed by atoms with Crippen molar-refractivity contribution in [3.05, 3.63) is 36.7 Å². The van der Waals surface area contributed by atoms with Crippen molar-refractivity contribution in [3.63, 3.8) is 0 Å². The molecule has 2 N–H and O–H groups in total. The van der Waals surface area contributed by atoms with E-state index in [2.05, 4.69) is 10.3 Å². The van der Waals surface area contributed by atoms with E-state index in [4.69, 9.17) is 5.11 Å². The highest BCUT2D eigenvalue weighted by molar-refractivity contribution is 5.89. The van der Waals surface area contributed by atoms with Crippen molar-refractivity contribution < 1.29 is 9.90 Å². The van der Waals surface area contributed by atoms with Crippen molar-refractivity contribution in [3.8, 4) is 0 Å². The number of benzene rings is 1. The summed E-state index contributed by atoms with van der Waals surface area (Å²) in [4.78, 5) is 14.3. The molecule has 0 saturated heterocycles. The number of rotatable bonds is 1. The largest absolute Gasteiger partial charge is 0.465 e. The Labute approximate surface area is 80.2 Å². The van der Waals surface area contributed by atoms with Gasteiger partial charge in [-0.3, -0.25) is 10.3 Å². The van der Waals surface area contributed by atoms with E-state index in [1.165, 1.54) is 0 Å². The molecule has 4 nitrogen and oxygen atoms in total. The molecule has 0 fully saturated rings. The molecule has 0 unspecified atom stereocenters. The van der Waals surface area contributed by atoms with Crippen LogP contribution >= 0.6 is 0 Å². The maximum absolute atomic E-state index is 10.4. The van der Waals surface area contributed by atoms with Crippen LogP contribution < -0.4 is 5.32 Å². The lowest BCUT2D eigenvalue weighted by molar-refractivity contribution is 0.210. The average Bonchev–Trinajstić information content (AvgIpc) is 2.17. The Morgan fingerprint density at radius 3 is 2.93 bits per heavy atom. The molecule has 2 aromatic rings. The predicted octanol–water partition coefficient (Wildman–Crippen LogP) is 2.32. The smallest absolute Gasteiger partial charge is 0.409 e. The van der Waals surface area contributed by atoms with Crippen molar-refractivity contribution in [2.45, 2.75) is 0 Å². The lowest BCUT2D eigenvalue weighted by Crippen LogP contribution is -2.06. The molecule has 0 aliphatic rings. The maximum Gasteiger partial charge on any atom is 0.409 e. The van der Waals surface area contributed by atoms with Crippen LogP contribution in [0.25, 0.3) is 10.8 Å². The number of nitrogens with one attached hydrogen (secondary N) is 1. The lowest BCUT2D eigenvalue weighted by atomic mass is 10.1. The molecule has 2 rings (SSSR count).